The van der Waals surface area contributed by atoms with Gasteiger partial charge in [0.15, 0.2) is 0 Å². The molecule has 0 aromatic carbocycles. The van der Waals surface area contributed by atoms with E-state index in [-0.39, 0.29) is 12.3 Å². The monoisotopic (exact) mass is 293 g/mol. The Morgan fingerprint density at radius 1 is 0.875 bits per heavy atom. The predicted molar refractivity (Wildman–Crippen MR) is 48.6 cm³/mol. The third-order valence-electron chi connectivity index (χ3n) is 0. The maximum Gasteiger partial charge on any atom is 0.466 e. The van der Waals surface area contributed by atoms with Crippen LogP contribution >= 0.6 is 15.6 Å². The standard InChI is InChI=1S/NO3.2H3N.2H3O4P/c2-1(3)4;;;2*1-5(2,3)4/h;2*1H3;2*(H3,1,2,3,4)/q-1;;;;/p+1. The van der Waals surface area contributed by atoms with Gasteiger partial charge in [-0.2, -0.15) is 0 Å². The Hall–Kier alpha value is -0.660. The Balaban J connectivity index is -0.0000000358. The molecule has 0 bridgehead atoms. The first-order valence-electron chi connectivity index (χ1n) is 2.10. The topological polar surface area (TPSA) is 298 Å². The quantitative estimate of drug-likeness (QED) is 0.146. The zero-order valence-electron chi connectivity index (χ0n) is 8.03. The molecular weight excluding hydrogens is 280 g/mol. The van der Waals surface area contributed by atoms with Gasteiger partial charge in [-0.3, -0.25) is 4.57 Å². The van der Waals surface area contributed by atoms with Gasteiger partial charge in [0.1, 0.15) is 0 Å². The maximum absolute atomic E-state index is 8.88. The molecule has 0 spiro atoms. The summed E-state index contributed by atoms with van der Waals surface area (Å²) in [7, 11) is -9.53. The van der Waals surface area contributed by atoms with Crippen LogP contribution in [0.3, 0.4) is 0 Å². The Labute approximate surface area is 87.9 Å². The first kappa shape index (κ1) is 29.5. The highest BCUT2D eigenvalue weighted by Gasteiger charge is 2.00. The Morgan fingerprint density at radius 3 is 0.875 bits per heavy atom. The third kappa shape index (κ3) is 4660. The van der Waals surface area contributed by atoms with Crippen LogP contribution in [-0.2, 0) is 9.13 Å². The summed E-state index contributed by atoms with van der Waals surface area (Å²) in [4.78, 5) is 52.7. The fourth-order valence-corrected chi connectivity index (χ4v) is 0. The van der Waals surface area contributed by atoms with Crippen molar-refractivity contribution in [1.29, 1.82) is 0 Å². The molecule has 0 aliphatic heterocycles. The second-order valence-electron chi connectivity index (χ2n) is 1.23. The second kappa shape index (κ2) is 12.4. The number of quaternary nitrogens is 2. The zero-order valence-corrected chi connectivity index (χ0v) is 9.82. The fourth-order valence-electron chi connectivity index (χ4n) is 0. The van der Waals surface area contributed by atoms with Crippen LogP contribution in [0.4, 0.5) is 0 Å². The van der Waals surface area contributed by atoms with Gasteiger partial charge >= 0.3 is 7.82 Å². The van der Waals surface area contributed by atoms with Crippen LogP contribution < -0.4 is 17.2 Å². The first-order valence-corrected chi connectivity index (χ1v) is 5.19. The van der Waals surface area contributed by atoms with Crippen LogP contribution in [0, 0.1) is 15.3 Å². The average molecular weight is 293 g/mol. The summed E-state index contributed by atoms with van der Waals surface area (Å²) >= 11 is 0. The number of hydrogen-bond donors (Lipinski definition) is 7. The summed E-state index contributed by atoms with van der Waals surface area (Å²) in [6.07, 6.45) is 0. The van der Waals surface area contributed by atoms with Crippen molar-refractivity contribution in [3.63, 3.8) is 0 Å². The van der Waals surface area contributed by atoms with Crippen LogP contribution in [0.2, 0.25) is 0 Å². The molecule has 0 saturated carbocycles. The van der Waals surface area contributed by atoms with Crippen molar-refractivity contribution < 1.29 is 43.6 Å². The molecule has 104 valence electrons. The maximum atomic E-state index is 8.88. The van der Waals surface area contributed by atoms with Gasteiger partial charge in [0.05, 0.1) is 5.09 Å². The van der Waals surface area contributed by atoms with Crippen LogP contribution in [0.5, 0.6) is 0 Å². The lowest BCUT2D eigenvalue weighted by molar-refractivity contribution is -0.402. The highest BCUT2D eigenvalue weighted by atomic mass is 31.2. The van der Waals surface area contributed by atoms with Crippen molar-refractivity contribution in [1.82, 2.24) is 12.3 Å². The van der Waals surface area contributed by atoms with Gasteiger partial charge in [-0.05, 0) is 0 Å². The third-order valence-corrected chi connectivity index (χ3v) is 0. The normalized spacial score (nSPS) is 8.88. The van der Waals surface area contributed by atoms with Crippen LogP contribution in [0.25, 0.3) is 0 Å². The van der Waals surface area contributed by atoms with E-state index in [0.717, 1.165) is 0 Å². The van der Waals surface area contributed by atoms with Gasteiger partial charge in [-0.1, -0.05) is 0 Å². The lowest BCUT2D eigenvalue weighted by Gasteiger charge is -2.01. The van der Waals surface area contributed by atoms with E-state index in [9.17, 15) is 0 Å². The predicted octanol–water partition coefficient (Wildman–Crippen LogP) is -1.98. The molecular formula is H13N3O11P2. The number of nitrogens with zero attached hydrogens (tertiary/aromatic N) is 1. The first-order chi connectivity index (χ1) is 5.73. The molecule has 0 heterocycles. The van der Waals surface area contributed by atoms with E-state index < -0.39 is 20.7 Å². The molecule has 16 heavy (non-hydrogen) atoms. The fraction of sp³-hybridized carbons (Fsp3) is 0. The lowest BCUT2D eigenvalue weighted by Crippen LogP contribution is -1.94. The highest BCUT2D eigenvalue weighted by Crippen LogP contribution is 2.25. The minimum atomic E-state index is -4.89. The molecule has 0 rings (SSSR count). The lowest BCUT2D eigenvalue weighted by atomic mass is 13.1. The summed E-state index contributed by atoms with van der Waals surface area (Å²) in [5.74, 6) is 0. The van der Waals surface area contributed by atoms with E-state index in [1.807, 2.05) is 0 Å². The SMILES string of the molecule is O=P(O)(O)O.O=P([O-])(O)O.O=[N+]([O-])[O-].[NH4+].[NH4+]. The second-order valence-corrected chi connectivity index (χ2v) is 3.24. The van der Waals surface area contributed by atoms with E-state index in [2.05, 4.69) is 0 Å². The molecule has 0 fully saturated rings. The molecule has 13 N–H and O–H groups in total. The molecule has 14 nitrogen and oxygen atoms in total. The van der Waals surface area contributed by atoms with Gasteiger partial charge in [0, 0.05) is 0 Å². The van der Waals surface area contributed by atoms with E-state index in [4.69, 9.17) is 53.8 Å². The summed E-state index contributed by atoms with van der Waals surface area (Å²) in [6, 6.07) is 0. The van der Waals surface area contributed by atoms with Crippen molar-refractivity contribution in [3.8, 4) is 0 Å². The van der Waals surface area contributed by atoms with Crippen molar-refractivity contribution in [2.45, 2.75) is 0 Å². The van der Waals surface area contributed by atoms with Crippen LogP contribution in [0.1, 0.15) is 0 Å². The Kier molecular flexibility index (Phi) is 22.9. The van der Waals surface area contributed by atoms with Crippen molar-refractivity contribution in [2.75, 3.05) is 0 Å². The summed E-state index contributed by atoms with van der Waals surface area (Å²) in [5, 5.41) is 14.8. The Morgan fingerprint density at radius 2 is 0.875 bits per heavy atom. The Bertz CT molecular complexity index is 195. The number of rotatable bonds is 0. The van der Waals surface area contributed by atoms with Crippen molar-refractivity contribution in [2.24, 2.45) is 0 Å². The molecule has 0 aromatic rings. The minimum absolute atomic E-state index is 0. The summed E-state index contributed by atoms with van der Waals surface area (Å²) < 4.78 is 17.7. The van der Waals surface area contributed by atoms with Crippen LogP contribution in [-0.4, -0.2) is 29.6 Å². The average Bonchev–Trinajstić information content (AvgIpc) is 1.45. The molecule has 0 unspecified atom stereocenters. The van der Waals surface area contributed by atoms with Crippen molar-refractivity contribution >= 4 is 15.6 Å². The minimum Gasteiger partial charge on any atom is -0.756 e. The van der Waals surface area contributed by atoms with E-state index in [1.165, 1.54) is 0 Å². The molecule has 0 aliphatic carbocycles. The van der Waals surface area contributed by atoms with Gasteiger partial charge in [-0.25, -0.2) is 4.57 Å². The van der Waals surface area contributed by atoms with Gasteiger partial charge in [0.2, 0.25) is 0 Å². The smallest absolute Gasteiger partial charge is 0.466 e. The molecule has 0 amide bonds. The largest absolute Gasteiger partial charge is 0.756 e. The number of hydrogen-bond acceptors (Lipinski definition) is 6. The van der Waals surface area contributed by atoms with E-state index in [1.54, 1.807) is 0 Å². The van der Waals surface area contributed by atoms with Gasteiger partial charge < -0.3 is 57.0 Å². The molecule has 0 saturated heterocycles. The summed E-state index contributed by atoms with van der Waals surface area (Å²) in [6.45, 7) is 0. The molecule has 0 radical (unpaired) electrons. The molecule has 0 aromatic heterocycles. The van der Waals surface area contributed by atoms with E-state index in [0.29, 0.717) is 0 Å². The molecule has 0 atom stereocenters. The molecule has 16 heteroatoms. The van der Waals surface area contributed by atoms with E-state index >= 15 is 0 Å². The molecule has 0 aliphatic rings. The highest BCUT2D eigenvalue weighted by molar-refractivity contribution is 7.45. The summed E-state index contributed by atoms with van der Waals surface area (Å²) in [5.41, 5.74) is 0. The van der Waals surface area contributed by atoms with Gasteiger partial charge in [-0.15, -0.1) is 0 Å². The van der Waals surface area contributed by atoms with Crippen LogP contribution in [0.15, 0.2) is 0 Å². The number of phosphoric acid groups is 2. The zero-order chi connectivity index (χ0) is 12.6. The van der Waals surface area contributed by atoms with Crippen molar-refractivity contribution in [3.05, 3.63) is 15.3 Å². The van der Waals surface area contributed by atoms with Gasteiger partial charge in [0.25, 0.3) is 7.82 Å².